The first-order valence-corrected chi connectivity index (χ1v) is 22.4. The standard InChI is InChI=1S/C44H75O3P/c1-12-15-17-19-21-23-25-28-48(45,29-26-24-22-20-18-16-13-2)46-41-30-34(4)37(32-39(41)43(6,7)8)36(27-14-3)38-33-40(44(9,10)11)42(47-48)31-35(38)5/h30-33,36,45H,12-29H2,1-11H3. The Morgan fingerprint density at radius 1 is 0.542 bits per heavy atom. The van der Waals surface area contributed by atoms with E-state index in [4.69, 9.17) is 9.05 Å². The molecule has 4 heterocycles. The Hall–Kier alpha value is -1.57. The molecule has 48 heavy (non-hydrogen) atoms. The van der Waals surface area contributed by atoms with Crippen LogP contribution < -0.4 is 9.05 Å². The van der Waals surface area contributed by atoms with Crippen LogP contribution in [-0.4, -0.2) is 17.2 Å². The van der Waals surface area contributed by atoms with Gasteiger partial charge < -0.3 is 0 Å². The molecule has 0 aromatic heterocycles. The molecule has 0 unspecified atom stereocenters. The Kier molecular flexibility index (Phi) is 15.0. The van der Waals surface area contributed by atoms with E-state index in [-0.39, 0.29) is 10.8 Å². The molecular formula is C44H75O3P. The average molecular weight is 683 g/mol. The Bertz CT molecular complexity index is 1200. The van der Waals surface area contributed by atoms with Crippen LogP contribution in [0.2, 0.25) is 0 Å². The normalized spacial score (nSPS) is 18.0. The van der Waals surface area contributed by atoms with Crippen molar-refractivity contribution in [3.63, 3.8) is 0 Å². The molecular weight excluding hydrogens is 607 g/mol. The molecule has 6 rings (SSSR count). The van der Waals surface area contributed by atoms with Crippen LogP contribution in [0.25, 0.3) is 0 Å². The van der Waals surface area contributed by atoms with E-state index in [0.29, 0.717) is 18.2 Å². The summed E-state index contributed by atoms with van der Waals surface area (Å²) in [6.45, 7) is 25.0. The molecule has 2 aromatic carbocycles. The quantitative estimate of drug-likeness (QED) is 0.126. The van der Waals surface area contributed by atoms with Gasteiger partial charge in [0, 0.05) is 0 Å². The monoisotopic (exact) mass is 683 g/mol. The van der Waals surface area contributed by atoms with Crippen LogP contribution in [0.4, 0.5) is 0 Å². The fraction of sp³-hybridized carbons (Fsp3) is 0.727. The van der Waals surface area contributed by atoms with Crippen molar-refractivity contribution in [1.82, 2.24) is 0 Å². The van der Waals surface area contributed by atoms with E-state index in [1.165, 1.54) is 97.6 Å². The number of hydrogen-bond donors (Lipinski definition) is 1. The maximum atomic E-state index is 13.6. The van der Waals surface area contributed by atoms with Crippen LogP contribution in [0.1, 0.15) is 204 Å². The molecule has 1 N–H and O–H groups in total. The summed E-state index contributed by atoms with van der Waals surface area (Å²) in [5.41, 5.74) is 7.33. The summed E-state index contributed by atoms with van der Waals surface area (Å²) in [7, 11) is -4.25. The van der Waals surface area contributed by atoms with Gasteiger partial charge in [0.05, 0.1) is 0 Å². The third-order valence-electron chi connectivity index (χ3n) is 10.7. The van der Waals surface area contributed by atoms with E-state index in [9.17, 15) is 4.89 Å². The van der Waals surface area contributed by atoms with E-state index in [0.717, 1.165) is 50.0 Å². The van der Waals surface area contributed by atoms with Crippen LogP contribution in [0.3, 0.4) is 0 Å². The van der Waals surface area contributed by atoms with Crippen LogP contribution in [0.15, 0.2) is 24.3 Å². The Labute approximate surface area is 297 Å². The van der Waals surface area contributed by atoms with Gasteiger partial charge in [-0.25, -0.2) is 0 Å². The summed E-state index contributed by atoms with van der Waals surface area (Å²) in [4.78, 5) is 13.6. The molecule has 0 aliphatic carbocycles. The molecule has 0 radical (unpaired) electrons. The second-order valence-electron chi connectivity index (χ2n) is 17.4. The number of hydrogen-bond acceptors (Lipinski definition) is 3. The Morgan fingerprint density at radius 3 is 1.23 bits per heavy atom. The van der Waals surface area contributed by atoms with Crippen LogP contribution >= 0.6 is 7.28 Å². The molecule has 274 valence electrons. The van der Waals surface area contributed by atoms with E-state index in [1.54, 1.807) is 0 Å². The number of benzene rings is 2. The second kappa shape index (κ2) is 17.6. The zero-order chi connectivity index (χ0) is 35.6. The topological polar surface area (TPSA) is 38.7 Å². The molecule has 0 saturated heterocycles. The summed E-state index contributed by atoms with van der Waals surface area (Å²) < 4.78 is 14.7. The number of rotatable bonds is 18. The zero-order valence-electron chi connectivity index (χ0n) is 33.3. The average Bonchev–Trinajstić information content (AvgIpc) is 2.98. The minimum absolute atomic E-state index is 0.152. The number of aryl methyl sites for hydroxylation is 2. The van der Waals surface area contributed by atoms with Gasteiger partial charge in [-0.1, -0.05) is 0 Å². The molecule has 0 spiro atoms. The van der Waals surface area contributed by atoms with Crippen molar-refractivity contribution in [3.05, 3.63) is 57.6 Å². The predicted octanol–water partition coefficient (Wildman–Crippen LogP) is 14.4. The van der Waals surface area contributed by atoms with Crippen molar-refractivity contribution in [2.24, 2.45) is 0 Å². The predicted molar refractivity (Wildman–Crippen MR) is 213 cm³/mol. The Morgan fingerprint density at radius 2 is 0.896 bits per heavy atom. The first-order chi connectivity index (χ1) is 22.6. The fourth-order valence-corrected chi connectivity index (χ4v) is 11.3. The van der Waals surface area contributed by atoms with Gasteiger partial charge >= 0.3 is 298 Å². The van der Waals surface area contributed by atoms with E-state index >= 15 is 0 Å². The van der Waals surface area contributed by atoms with E-state index in [1.807, 2.05) is 0 Å². The van der Waals surface area contributed by atoms with Crippen molar-refractivity contribution in [1.29, 1.82) is 0 Å². The summed E-state index contributed by atoms with van der Waals surface area (Å²) >= 11 is 0. The molecule has 4 aliphatic heterocycles. The van der Waals surface area contributed by atoms with Gasteiger partial charge in [-0.2, -0.15) is 0 Å². The second-order valence-corrected chi connectivity index (χ2v) is 21.2. The van der Waals surface area contributed by atoms with Crippen LogP contribution in [0, 0.1) is 13.8 Å². The molecule has 0 atom stereocenters. The molecule has 0 fully saturated rings. The summed E-state index contributed by atoms with van der Waals surface area (Å²) in [5.74, 6) is 1.95. The first-order valence-electron chi connectivity index (χ1n) is 20.0. The van der Waals surface area contributed by atoms with E-state index in [2.05, 4.69) is 100 Å². The molecule has 4 aliphatic rings. The summed E-state index contributed by atoms with van der Waals surface area (Å²) in [6, 6.07) is 9.37. The van der Waals surface area contributed by atoms with Crippen molar-refractivity contribution < 1.29 is 13.9 Å². The van der Waals surface area contributed by atoms with Gasteiger partial charge in [-0.05, 0) is 0 Å². The molecule has 2 aromatic rings. The van der Waals surface area contributed by atoms with Crippen LogP contribution in [0.5, 0.6) is 11.5 Å². The zero-order valence-corrected chi connectivity index (χ0v) is 34.2. The van der Waals surface area contributed by atoms with E-state index < -0.39 is 7.28 Å². The fourth-order valence-electron chi connectivity index (χ4n) is 7.76. The Balaban J connectivity index is 2.25. The third-order valence-corrected chi connectivity index (χ3v) is 14.3. The molecule has 0 amide bonds. The van der Waals surface area contributed by atoms with Gasteiger partial charge in [-0.3, -0.25) is 0 Å². The maximum absolute atomic E-state index is 13.6. The van der Waals surface area contributed by atoms with Gasteiger partial charge in [0.25, 0.3) is 0 Å². The SMILES string of the molecule is CCCCCCCCCP1(O)(CCCCCCCCC)Oc2cc(C)c(cc2C(C)(C)C)C(CCC)c2cc(C(C)(C)C)c(cc2C)O1. The molecule has 4 heteroatoms. The summed E-state index contributed by atoms with van der Waals surface area (Å²) in [6.07, 6.45) is 20.0. The summed E-state index contributed by atoms with van der Waals surface area (Å²) in [5, 5.41) is 0. The van der Waals surface area contributed by atoms with Crippen LogP contribution in [-0.2, 0) is 10.8 Å². The van der Waals surface area contributed by atoms with Crippen molar-refractivity contribution in [2.75, 3.05) is 12.3 Å². The van der Waals surface area contributed by atoms with Gasteiger partial charge in [-0.15, -0.1) is 0 Å². The molecule has 4 bridgehead atoms. The van der Waals surface area contributed by atoms with Crippen molar-refractivity contribution >= 4 is 7.28 Å². The third kappa shape index (κ3) is 11.0. The first kappa shape index (κ1) is 40.9. The van der Waals surface area contributed by atoms with Gasteiger partial charge in [0.1, 0.15) is 0 Å². The van der Waals surface area contributed by atoms with Crippen molar-refractivity contribution in [2.45, 2.75) is 196 Å². The number of unbranched alkanes of at least 4 members (excludes halogenated alkanes) is 12. The molecule has 3 nitrogen and oxygen atoms in total. The minimum atomic E-state index is -4.25. The van der Waals surface area contributed by atoms with Gasteiger partial charge in [0.2, 0.25) is 0 Å². The molecule has 0 saturated carbocycles. The van der Waals surface area contributed by atoms with Gasteiger partial charge in [0.15, 0.2) is 0 Å². The van der Waals surface area contributed by atoms with Crippen molar-refractivity contribution in [3.8, 4) is 11.5 Å².